The highest BCUT2D eigenvalue weighted by atomic mass is 19.1. The quantitative estimate of drug-likeness (QED) is 0.708. The van der Waals surface area contributed by atoms with Gasteiger partial charge in [-0.15, -0.1) is 10.2 Å². The largest absolute Gasteiger partial charge is 0.507 e. The normalized spacial score (nSPS) is 25.9. The zero-order chi connectivity index (χ0) is 20.0. The molecule has 29 heavy (non-hydrogen) atoms. The zero-order valence-corrected chi connectivity index (χ0v) is 16.1. The van der Waals surface area contributed by atoms with Crippen LogP contribution in [0.5, 0.6) is 5.75 Å². The van der Waals surface area contributed by atoms with E-state index in [0.29, 0.717) is 23.1 Å². The van der Waals surface area contributed by atoms with Gasteiger partial charge in [-0.3, -0.25) is 0 Å². The van der Waals surface area contributed by atoms with Gasteiger partial charge in [-0.1, -0.05) is 0 Å². The number of hydrogen-bond acceptors (Lipinski definition) is 6. The van der Waals surface area contributed by atoms with Crippen LogP contribution in [0.15, 0.2) is 49.1 Å². The first-order valence-corrected chi connectivity index (χ1v) is 9.88. The van der Waals surface area contributed by atoms with Gasteiger partial charge in [0, 0.05) is 43.2 Å². The van der Waals surface area contributed by atoms with Gasteiger partial charge in [-0.05, 0) is 43.5 Å². The molecule has 2 N–H and O–H groups in total. The van der Waals surface area contributed by atoms with E-state index in [4.69, 9.17) is 0 Å². The topological polar surface area (TPSA) is 79.1 Å². The van der Waals surface area contributed by atoms with Crippen molar-refractivity contribution in [2.75, 3.05) is 11.9 Å². The van der Waals surface area contributed by atoms with Gasteiger partial charge in [0.1, 0.15) is 11.9 Å². The van der Waals surface area contributed by atoms with Crippen LogP contribution < -0.4 is 10.2 Å². The summed E-state index contributed by atoms with van der Waals surface area (Å²) >= 11 is 0. The minimum Gasteiger partial charge on any atom is -0.507 e. The van der Waals surface area contributed by atoms with Crippen molar-refractivity contribution in [1.29, 1.82) is 0 Å². The molecule has 4 atom stereocenters. The standard InChI is InChI=1S/C21H23FN6O/c1-27(18-10-13-2-5-17(24-13)21(18)22)20-7-6-16(25-26-20)15-4-3-14(11-19(15)29)28-9-8-23-12-28/h3-4,6-9,11-13,17-18,21,24,29H,2,5,10H2,1H3/t13?,17?,18-,21+/m0/s1. The summed E-state index contributed by atoms with van der Waals surface area (Å²) in [6, 6.07) is 9.14. The Hall–Kier alpha value is -3.00. The van der Waals surface area contributed by atoms with Crippen molar-refractivity contribution >= 4 is 5.82 Å². The van der Waals surface area contributed by atoms with Crippen molar-refractivity contribution in [2.24, 2.45) is 0 Å². The third-order valence-corrected chi connectivity index (χ3v) is 6.12. The van der Waals surface area contributed by atoms with E-state index in [0.717, 1.165) is 24.9 Å². The van der Waals surface area contributed by atoms with Crippen LogP contribution >= 0.6 is 0 Å². The first-order valence-electron chi connectivity index (χ1n) is 9.88. The highest BCUT2D eigenvalue weighted by Crippen LogP contribution is 2.34. The monoisotopic (exact) mass is 394 g/mol. The van der Waals surface area contributed by atoms with Gasteiger partial charge in [0.05, 0.1) is 23.8 Å². The summed E-state index contributed by atoms with van der Waals surface area (Å²) in [4.78, 5) is 5.91. The minimum atomic E-state index is -0.917. The summed E-state index contributed by atoms with van der Waals surface area (Å²) in [7, 11) is 1.88. The van der Waals surface area contributed by atoms with Gasteiger partial charge in [-0.2, -0.15) is 0 Å². The fraction of sp³-hybridized carbons (Fsp3) is 0.381. The molecule has 2 fully saturated rings. The molecule has 2 aliphatic rings. The molecule has 0 amide bonds. The third kappa shape index (κ3) is 3.23. The van der Waals surface area contributed by atoms with Crippen molar-refractivity contribution in [3.05, 3.63) is 49.1 Å². The van der Waals surface area contributed by atoms with E-state index in [-0.39, 0.29) is 17.8 Å². The van der Waals surface area contributed by atoms with E-state index in [1.54, 1.807) is 24.7 Å². The Bertz CT molecular complexity index is 993. The molecule has 5 rings (SSSR count). The molecule has 2 saturated heterocycles. The number of anilines is 1. The van der Waals surface area contributed by atoms with Crippen LogP contribution in [0.1, 0.15) is 19.3 Å². The van der Waals surface area contributed by atoms with Crippen LogP contribution in [-0.2, 0) is 0 Å². The zero-order valence-electron chi connectivity index (χ0n) is 16.1. The molecule has 0 radical (unpaired) electrons. The fourth-order valence-electron chi connectivity index (χ4n) is 4.48. The molecule has 2 aromatic heterocycles. The lowest BCUT2D eigenvalue weighted by Gasteiger charge is -2.38. The number of aromatic hydroxyl groups is 1. The van der Waals surface area contributed by atoms with Gasteiger partial charge in [0.25, 0.3) is 0 Å². The molecule has 1 aromatic carbocycles. The number of nitrogens with zero attached hydrogens (tertiary/aromatic N) is 5. The number of benzene rings is 1. The Labute approximate surface area is 168 Å². The van der Waals surface area contributed by atoms with Gasteiger partial charge < -0.3 is 19.9 Å². The fourth-order valence-corrected chi connectivity index (χ4v) is 4.48. The Balaban J connectivity index is 1.36. The van der Waals surface area contributed by atoms with E-state index < -0.39 is 6.17 Å². The molecular formula is C21H23FN6O. The van der Waals surface area contributed by atoms with Gasteiger partial charge in [0.15, 0.2) is 5.82 Å². The number of rotatable bonds is 4. The highest BCUT2D eigenvalue weighted by Gasteiger charge is 2.43. The second-order valence-corrected chi connectivity index (χ2v) is 7.85. The predicted octanol–water partition coefficient (Wildman–Crippen LogP) is 2.70. The lowest BCUT2D eigenvalue weighted by molar-refractivity contribution is 0.176. The number of fused-ring (bicyclic) bond motifs is 2. The van der Waals surface area contributed by atoms with Gasteiger partial charge >= 0.3 is 0 Å². The van der Waals surface area contributed by atoms with E-state index in [9.17, 15) is 9.50 Å². The maximum Gasteiger partial charge on any atom is 0.151 e. The first-order chi connectivity index (χ1) is 14.1. The number of alkyl halides is 1. The summed E-state index contributed by atoms with van der Waals surface area (Å²) < 4.78 is 16.6. The third-order valence-electron chi connectivity index (χ3n) is 6.12. The Morgan fingerprint density at radius 1 is 1.21 bits per heavy atom. The number of imidazole rings is 1. The smallest absolute Gasteiger partial charge is 0.151 e. The molecule has 7 nitrogen and oxygen atoms in total. The molecule has 2 unspecified atom stereocenters. The SMILES string of the molecule is CN(c1ccc(-c2ccc(-n3ccnc3)cc2O)nn1)[C@H]1CC2CCC(N2)[C@H]1F. The van der Waals surface area contributed by atoms with Crippen LogP contribution in [0.3, 0.4) is 0 Å². The van der Waals surface area contributed by atoms with Crippen LogP contribution in [0, 0.1) is 0 Å². The maximum absolute atomic E-state index is 14.8. The predicted molar refractivity (Wildman–Crippen MR) is 108 cm³/mol. The molecule has 8 heteroatoms. The maximum atomic E-state index is 14.8. The average Bonchev–Trinajstić information content (AvgIpc) is 3.41. The lowest BCUT2D eigenvalue weighted by Crippen LogP contribution is -2.55. The van der Waals surface area contributed by atoms with Crippen LogP contribution in [0.2, 0.25) is 0 Å². The molecule has 2 aliphatic heterocycles. The van der Waals surface area contributed by atoms with Crippen LogP contribution in [0.4, 0.5) is 10.2 Å². The van der Waals surface area contributed by atoms with Gasteiger partial charge in [0.2, 0.25) is 0 Å². The van der Waals surface area contributed by atoms with E-state index >= 15 is 0 Å². The first kappa shape index (κ1) is 18.1. The van der Waals surface area contributed by atoms with Crippen molar-refractivity contribution in [3.63, 3.8) is 0 Å². The summed E-state index contributed by atoms with van der Waals surface area (Å²) in [5, 5.41) is 22.4. The molecule has 0 spiro atoms. The molecular weight excluding hydrogens is 371 g/mol. The van der Waals surface area contributed by atoms with Crippen LogP contribution in [0.25, 0.3) is 16.9 Å². The van der Waals surface area contributed by atoms with Crippen molar-refractivity contribution in [1.82, 2.24) is 25.1 Å². The lowest BCUT2D eigenvalue weighted by atomic mass is 9.96. The number of phenols is 1. The second kappa shape index (κ2) is 7.11. The number of halogens is 1. The van der Waals surface area contributed by atoms with Crippen molar-refractivity contribution in [2.45, 2.75) is 43.6 Å². The number of aromatic nitrogens is 4. The highest BCUT2D eigenvalue weighted by molar-refractivity contribution is 5.69. The van der Waals surface area contributed by atoms with E-state index in [1.807, 2.05) is 40.9 Å². The van der Waals surface area contributed by atoms with Crippen LogP contribution in [-0.4, -0.2) is 56.2 Å². The molecule has 3 aromatic rings. The second-order valence-electron chi connectivity index (χ2n) is 7.85. The molecule has 4 heterocycles. The van der Waals surface area contributed by atoms with Crippen molar-refractivity contribution in [3.8, 4) is 22.7 Å². The summed E-state index contributed by atoms with van der Waals surface area (Å²) in [5.41, 5.74) is 1.97. The summed E-state index contributed by atoms with van der Waals surface area (Å²) in [5.74, 6) is 0.752. The van der Waals surface area contributed by atoms with E-state index in [2.05, 4.69) is 20.5 Å². The number of piperidine rings is 1. The minimum absolute atomic E-state index is 0.0561. The molecule has 2 bridgehead atoms. The number of nitrogens with one attached hydrogen (secondary N) is 1. The Kier molecular flexibility index (Phi) is 4.43. The average molecular weight is 394 g/mol. The van der Waals surface area contributed by atoms with E-state index in [1.165, 1.54) is 0 Å². The van der Waals surface area contributed by atoms with Gasteiger partial charge in [-0.25, -0.2) is 9.37 Å². The summed E-state index contributed by atoms with van der Waals surface area (Å²) in [6.07, 6.45) is 6.95. The number of phenolic OH excluding ortho intramolecular Hbond substituents is 1. The number of hydrogen-bond donors (Lipinski definition) is 2. The molecule has 150 valence electrons. The summed E-state index contributed by atoms with van der Waals surface area (Å²) in [6.45, 7) is 0. The Morgan fingerprint density at radius 2 is 2.10 bits per heavy atom. The van der Waals surface area contributed by atoms with Crippen molar-refractivity contribution < 1.29 is 9.50 Å². The molecule has 0 aliphatic carbocycles. The Morgan fingerprint density at radius 3 is 2.83 bits per heavy atom. The molecule has 0 saturated carbocycles.